The molecule has 0 radical (unpaired) electrons. The Morgan fingerprint density at radius 3 is 2.36 bits per heavy atom. The number of nitrogens with zero attached hydrogens (tertiary/aromatic N) is 1. The first-order valence-corrected chi connectivity index (χ1v) is 11.3. The fourth-order valence-electron chi connectivity index (χ4n) is 5.67. The number of nitrogens with one attached hydrogen (secondary N) is 1. The van der Waals surface area contributed by atoms with E-state index >= 15 is 0 Å². The van der Waals surface area contributed by atoms with Gasteiger partial charge in [0, 0.05) is 24.4 Å². The second-order valence-electron chi connectivity index (χ2n) is 9.10. The lowest BCUT2D eigenvalue weighted by molar-refractivity contribution is -0.142. The van der Waals surface area contributed by atoms with Crippen LogP contribution in [-0.4, -0.2) is 35.8 Å². The molecule has 4 rings (SSSR count). The van der Waals surface area contributed by atoms with Crippen LogP contribution in [0, 0.1) is 5.92 Å². The largest absolute Gasteiger partial charge is 0.353 e. The second-order valence-corrected chi connectivity index (χ2v) is 9.10. The van der Waals surface area contributed by atoms with Gasteiger partial charge in [0.05, 0.1) is 0 Å². The second kappa shape index (κ2) is 8.67. The number of amides is 2. The molecule has 1 saturated heterocycles. The maximum Gasteiger partial charge on any atom is 0.242 e. The first-order chi connectivity index (χ1) is 13.7. The Labute approximate surface area is 169 Å². The van der Waals surface area contributed by atoms with Crippen molar-refractivity contribution in [2.45, 2.75) is 82.1 Å². The van der Waals surface area contributed by atoms with Crippen molar-refractivity contribution in [2.75, 3.05) is 13.1 Å². The summed E-state index contributed by atoms with van der Waals surface area (Å²) in [6, 6.07) is 10.4. The summed E-state index contributed by atoms with van der Waals surface area (Å²) in [5, 5.41) is 3.26. The summed E-state index contributed by atoms with van der Waals surface area (Å²) in [6.45, 7) is 1.44. The molecule has 1 N–H and O–H groups in total. The third kappa shape index (κ3) is 3.97. The zero-order valence-corrected chi connectivity index (χ0v) is 17.0. The van der Waals surface area contributed by atoms with Crippen molar-refractivity contribution in [1.82, 2.24) is 10.2 Å². The maximum absolute atomic E-state index is 13.1. The van der Waals surface area contributed by atoms with Crippen molar-refractivity contribution in [1.29, 1.82) is 0 Å². The van der Waals surface area contributed by atoms with Crippen LogP contribution in [0.2, 0.25) is 0 Å². The van der Waals surface area contributed by atoms with Crippen molar-refractivity contribution in [3.63, 3.8) is 0 Å². The van der Waals surface area contributed by atoms with Gasteiger partial charge in [-0.3, -0.25) is 9.59 Å². The molecule has 2 aliphatic carbocycles. The number of benzene rings is 1. The van der Waals surface area contributed by atoms with Gasteiger partial charge in [0.15, 0.2) is 0 Å². The Hall–Kier alpha value is -1.84. The molecule has 28 heavy (non-hydrogen) atoms. The molecular formula is C24H34N2O2. The predicted molar refractivity (Wildman–Crippen MR) is 111 cm³/mol. The first-order valence-electron chi connectivity index (χ1n) is 11.3. The summed E-state index contributed by atoms with van der Waals surface area (Å²) < 4.78 is 0. The van der Waals surface area contributed by atoms with Gasteiger partial charge in [-0.2, -0.15) is 0 Å². The van der Waals surface area contributed by atoms with E-state index in [-0.39, 0.29) is 29.2 Å². The van der Waals surface area contributed by atoms with Gasteiger partial charge in [0.1, 0.15) is 6.04 Å². The highest BCUT2D eigenvalue weighted by Gasteiger charge is 2.40. The van der Waals surface area contributed by atoms with Crippen LogP contribution in [0.4, 0.5) is 0 Å². The fourth-order valence-corrected chi connectivity index (χ4v) is 5.67. The average molecular weight is 383 g/mol. The molecule has 1 unspecified atom stereocenters. The predicted octanol–water partition coefficient (Wildman–Crippen LogP) is 4.19. The molecule has 3 aliphatic rings. The number of carbonyl (C=O) groups excluding carboxylic acids is 2. The molecule has 1 aromatic rings. The van der Waals surface area contributed by atoms with Crippen molar-refractivity contribution in [3.05, 3.63) is 35.9 Å². The van der Waals surface area contributed by atoms with E-state index in [2.05, 4.69) is 35.6 Å². The molecule has 0 spiro atoms. The lowest BCUT2D eigenvalue weighted by Crippen LogP contribution is -2.50. The van der Waals surface area contributed by atoms with E-state index < -0.39 is 0 Å². The van der Waals surface area contributed by atoms with E-state index in [1.54, 1.807) is 0 Å². The van der Waals surface area contributed by atoms with Gasteiger partial charge < -0.3 is 10.2 Å². The third-order valence-corrected chi connectivity index (χ3v) is 7.34. The number of hydrogen-bond acceptors (Lipinski definition) is 2. The molecule has 0 bridgehead atoms. The Morgan fingerprint density at radius 2 is 1.64 bits per heavy atom. The van der Waals surface area contributed by atoms with Crippen LogP contribution in [0.5, 0.6) is 0 Å². The maximum atomic E-state index is 13.1. The molecule has 2 saturated carbocycles. The Bertz CT molecular complexity index is 675. The van der Waals surface area contributed by atoms with E-state index in [4.69, 9.17) is 0 Å². The van der Waals surface area contributed by atoms with E-state index in [1.807, 2.05) is 4.90 Å². The monoisotopic (exact) mass is 382 g/mol. The Kier molecular flexibility index (Phi) is 6.03. The van der Waals surface area contributed by atoms with Gasteiger partial charge in [-0.25, -0.2) is 0 Å². The molecular weight excluding hydrogens is 348 g/mol. The van der Waals surface area contributed by atoms with Crippen LogP contribution >= 0.6 is 0 Å². The summed E-state index contributed by atoms with van der Waals surface area (Å²) >= 11 is 0. The molecule has 4 heteroatoms. The average Bonchev–Trinajstić information content (AvgIpc) is 3.43. The number of carbonyl (C=O) groups is 2. The first kappa shape index (κ1) is 19.5. The summed E-state index contributed by atoms with van der Waals surface area (Å²) in [6.07, 6.45) is 12.0. The number of rotatable bonds is 5. The van der Waals surface area contributed by atoms with Crippen LogP contribution in [0.25, 0.3) is 0 Å². The van der Waals surface area contributed by atoms with E-state index in [1.165, 1.54) is 24.8 Å². The topological polar surface area (TPSA) is 49.4 Å². The molecule has 1 heterocycles. The molecule has 1 atom stereocenters. The summed E-state index contributed by atoms with van der Waals surface area (Å²) in [5.41, 5.74) is 1.41. The smallest absolute Gasteiger partial charge is 0.242 e. The quantitative estimate of drug-likeness (QED) is 0.830. The molecule has 2 amide bonds. The highest BCUT2D eigenvalue weighted by atomic mass is 16.2. The summed E-state index contributed by atoms with van der Waals surface area (Å²) in [5.74, 6) is 0.437. The van der Waals surface area contributed by atoms with Gasteiger partial charge in [-0.05, 0) is 44.1 Å². The minimum Gasteiger partial charge on any atom is -0.353 e. The fraction of sp³-hybridized carbons (Fsp3) is 0.667. The van der Waals surface area contributed by atoms with Gasteiger partial charge in [0.2, 0.25) is 11.8 Å². The molecule has 4 nitrogen and oxygen atoms in total. The van der Waals surface area contributed by atoms with E-state index in [0.29, 0.717) is 6.54 Å². The minimum atomic E-state index is -0.261. The summed E-state index contributed by atoms with van der Waals surface area (Å²) in [4.78, 5) is 28.0. The van der Waals surface area contributed by atoms with Gasteiger partial charge in [-0.15, -0.1) is 0 Å². The van der Waals surface area contributed by atoms with E-state index in [9.17, 15) is 9.59 Å². The van der Waals surface area contributed by atoms with Crippen molar-refractivity contribution in [2.24, 2.45) is 5.92 Å². The normalized spacial score (nSPS) is 25.0. The van der Waals surface area contributed by atoms with Crippen molar-refractivity contribution in [3.8, 4) is 0 Å². The lowest BCUT2D eigenvalue weighted by Gasteiger charge is -2.33. The van der Waals surface area contributed by atoms with E-state index in [0.717, 1.165) is 57.9 Å². The summed E-state index contributed by atoms with van der Waals surface area (Å²) in [7, 11) is 0. The minimum absolute atomic E-state index is 0.0591. The number of likely N-dealkylation sites (tertiary alicyclic amines) is 1. The van der Waals surface area contributed by atoms with Gasteiger partial charge in [-0.1, -0.05) is 62.4 Å². The third-order valence-electron chi connectivity index (χ3n) is 7.34. The highest BCUT2D eigenvalue weighted by Crippen LogP contribution is 2.40. The van der Waals surface area contributed by atoms with Crippen LogP contribution < -0.4 is 5.32 Å². The van der Waals surface area contributed by atoms with Crippen molar-refractivity contribution >= 4 is 11.8 Å². The van der Waals surface area contributed by atoms with Crippen LogP contribution in [0.3, 0.4) is 0 Å². The molecule has 0 aromatic heterocycles. The van der Waals surface area contributed by atoms with Gasteiger partial charge >= 0.3 is 0 Å². The molecule has 3 fully saturated rings. The Morgan fingerprint density at radius 1 is 0.929 bits per heavy atom. The van der Waals surface area contributed by atoms with Crippen molar-refractivity contribution < 1.29 is 9.59 Å². The van der Waals surface area contributed by atoms with Crippen LogP contribution in [0.15, 0.2) is 30.3 Å². The standard InChI is InChI=1S/C24H34N2O2/c27-22(21-14-9-17-26(21)23(28)19-10-3-1-4-11-19)25-18-24(15-7-8-16-24)20-12-5-2-6-13-20/h2,5-6,12-13,19,21H,1,3-4,7-11,14-18H2,(H,25,27). The molecule has 1 aliphatic heterocycles. The zero-order valence-electron chi connectivity index (χ0n) is 17.0. The molecule has 152 valence electrons. The molecule has 1 aromatic carbocycles. The van der Waals surface area contributed by atoms with Crippen LogP contribution in [0.1, 0.15) is 76.2 Å². The van der Waals surface area contributed by atoms with Gasteiger partial charge in [0.25, 0.3) is 0 Å². The SMILES string of the molecule is O=C(NCC1(c2ccccc2)CCCC1)C1CCCN1C(=O)C1CCCCC1. The lowest BCUT2D eigenvalue weighted by atomic mass is 9.79. The highest BCUT2D eigenvalue weighted by molar-refractivity contribution is 5.89. The number of hydrogen-bond donors (Lipinski definition) is 1. The Balaban J connectivity index is 1.40. The zero-order chi connectivity index (χ0) is 19.4. The van der Waals surface area contributed by atoms with Crippen LogP contribution in [-0.2, 0) is 15.0 Å².